The van der Waals surface area contributed by atoms with E-state index in [2.05, 4.69) is 27.4 Å². The van der Waals surface area contributed by atoms with E-state index in [1.54, 1.807) is 0 Å². The van der Waals surface area contributed by atoms with Crippen molar-refractivity contribution in [3.05, 3.63) is 30.9 Å². The Morgan fingerprint density at radius 1 is 1.67 bits per heavy atom. The molecule has 1 rings (SSSR count). The van der Waals surface area contributed by atoms with Crippen LogP contribution in [-0.4, -0.2) is 9.90 Å². The highest BCUT2D eigenvalue weighted by Crippen LogP contribution is 1.99. The van der Waals surface area contributed by atoms with Gasteiger partial charge in [-0.15, -0.1) is 0 Å². The normalized spacial score (nSPS) is 10.0. The molecule has 9 heavy (non-hydrogen) atoms. The summed E-state index contributed by atoms with van der Waals surface area (Å²) in [6.45, 7) is 4.85. The summed E-state index contributed by atoms with van der Waals surface area (Å²) in [6, 6.07) is 4.01. The molecule has 0 atom stereocenters. The maximum atomic E-state index is 3.84. The molecule has 1 radical (unpaired) electrons. The molecular weight excluding hydrogens is 178 g/mol. The van der Waals surface area contributed by atoms with Gasteiger partial charge in [0, 0.05) is 23.8 Å². The zero-order chi connectivity index (χ0) is 6.69. The number of nitrogens with zero attached hydrogens (tertiary/aromatic N) is 1. The molecule has 1 aromatic heterocycles. The number of hydrogen-bond acceptors (Lipinski definition) is 0. The smallest absolute Gasteiger partial charge is 0.0319 e. The molecule has 0 aliphatic heterocycles. The number of alkyl halides is 1. The van der Waals surface area contributed by atoms with Gasteiger partial charge in [0.05, 0.1) is 0 Å². The van der Waals surface area contributed by atoms with E-state index in [1.807, 2.05) is 18.3 Å². The summed E-state index contributed by atoms with van der Waals surface area (Å²) >= 11 is 3.36. The first-order valence-electron chi connectivity index (χ1n) is 2.87. The van der Waals surface area contributed by atoms with Gasteiger partial charge < -0.3 is 4.57 Å². The minimum absolute atomic E-state index is 0.990. The fourth-order valence-electron chi connectivity index (χ4n) is 0.759. The third-order valence-electron chi connectivity index (χ3n) is 1.25. The molecule has 0 aliphatic rings. The van der Waals surface area contributed by atoms with Crippen LogP contribution >= 0.6 is 15.9 Å². The molecule has 1 heterocycles. The van der Waals surface area contributed by atoms with E-state index in [1.165, 1.54) is 0 Å². The van der Waals surface area contributed by atoms with Crippen LogP contribution in [0.2, 0.25) is 0 Å². The van der Waals surface area contributed by atoms with Crippen LogP contribution in [-0.2, 0) is 6.54 Å². The SMILES string of the molecule is [CH2]c1cccn1CCBr. The van der Waals surface area contributed by atoms with Crippen molar-refractivity contribution < 1.29 is 0 Å². The number of rotatable bonds is 2. The quantitative estimate of drug-likeness (QED) is 0.624. The van der Waals surface area contributed by atoms with Crippen molar-refractivity contribution in [1.29, 1.82) is 0 Å². The highest BCUT2D eigenvalue weighted by molar-refractivity contribution is 9.09. The van der Waals surface area contributed by atoms with Crippen molar-refractivity contribution in [3.8, 4) is 0 Å². The first kappa shape index (κ1) is 6.87. The summed E-state index contributed by atoms with van der Waals surface area (Å²) in [5.74, 6) is 0. The van der Waals surface area contributed by atoms with Crippen molar-refractivity contribution in [3.63, 3.8) is 0 Å². The van der Waals surface area contributed by atoms with Crippen molar-refractivity contribution in [2.75, 3.05) is 5.33 Å². The zero-order valence-electron chi connectivity index (χ0n) is 5.18. The Kier molecular flexibility index (Phi) is 2.34. The lowest BCUT2D eigenvalue weighted by atomic mass is 10.5. The molecule has 0 aliphatic carbocycles. The third kappa shape index (κ3) is 1.58. The van der Waals surface area contributed by atoms with Gasteiger partial charge in [-0.2, -0.15) is 0 Å². The highest BCUT2D eigenvalue weighted by atomic mass is 79.9. The summed E-state index contributed by atoms with van der Waals surface area (Å²) < 4.78 is 2.11. The molecule has 0 unspecified atom stereocenters. The maximum absolute atomic E-state index is 3.84. The molecule has 0 fully saturated rings. The van der Waals surface area contributed by atoms with Crippen molar-refractivity contribution in [2.24, 2.45) is 0 Å². The second kappa shape index (κ2) is 3.06. The van der Waals surface area contributed by atoms with Gasteiger partial charge in [-0.1, -0.05) is 15.9 Å². The van der Waals surface area contributed by atoms with E-state index in [-0.39, 0.29) is 0 Å². The molecule has 0 amide bonds. The van der Waals surface area contributed by atoms with Gasteiger partial charge in [0.15, 0.2) is 0 Å². The van der Waals surface area contributed by atoms with Crippen LogP contribution in [0, 0.1) is 6.92 Å². The molecule has 0 N–H and O–H groups in total. The van der Waals surface area contributed by atoms with Crippen LogP contribution in [0.4, 0.5) is 0 Å². The van der Waals surface area contributed by atoms with E-state index in [4.69, 9.17) is 0 Å². The molecule has 2 heteroatoms. The summed E-state index contributed by atoms with van der Waals surface area (Å²) in [5.41, 5.74) is 1.08. The molecule has 0 saturated carbocycles. The standard InChI is InChI=1S/C7H9BrN/c1-7-3-2-5-9(7)6-4-8/h2-3,5H,1,4,6H2. The average molecular weight is 187 g/mol. The minimum atomic E-state index is 0.990. The van der Waals surface area contributed by atoms with E-state index >= 15 is 0 Å². The largest absolute Gasteiger partial charge is 0.351 e. The van der Waals surface area contributed by atoms with Gasteiger partial charge in [-0.25, -0.2) is 0 Å². The molecule has 0 bridgehead atoms. The molecule has 0 aromatic carbocycles. The van der Waals surface area contributed by atoms with E-state index < -0.39 is 0 Å². The Morgan fingerprint density at radius 3 is 2.89 bits per heavy atom. The summed E-state index contributed by atoms with van der Waals surface area (Å²) in [5, 5.41) is 0.990. The lowest BCUT2D eigenvalue weighted by Crippen LogP contribution is -1.97. The summed E-state index contributed by atoms with van der Waals surface area (Å²) in [6.07, 6.45) is 2.03. The molecule has 1 aromatic rings. The molecule has 49 valence electrons. The van der Waals surface area contributed by atoms with Crippen LogP contribution in [0.5, 0.6) is 0 Å². The second-order valence-corrected chi connectivity index (χ2v) is 2.67. The van der Waals surface area contributed by atoms with Crippen LogP contribution in [0.25, 0.3) is 0 Å². The van der Waals surface area contributed by atoms with Crippen molar-refractivity contribution in [1.82, 2.24) is 4.57 Å². The highest BCUT2D eigenvalue weighted by Gasteiger charge is 1.90. The van der Waals surface area contributed by atoms with Gasteiger partial charge in [0.2, 0.25) is 0 Å². The predicted molar refractivity (Wildman–Crippen MR) is 42.7 cm³/mol. The summed E-state index contributed by atoms with van der Waals surface area (Å²) in [4.78, 5) is 0. The minimum Gasteiger partial charge on any atom is -0.351 e. The van der Waals surface area contributed by atoms with Crippen LogP contribution < -0.4 is 0 Å². The van der Waals surface area contributed by atoms with Gasteiger partial charge in [0.25, 0.3) is 0 Å². The lowest BCUT2D eigenvalue weighted by molar-refractivity contribution is 0.768. The Bertz CT molecular complexity index is 181. The fraction of sp³-hybridized carbons (Fsp3) is 0.286. The van der Waals surface area contributed by atoms with Crippen LogP contribution in [0.3, 0.4) is 0 Å². The van der Waals surface area contributed by atoms with Gasteiger partial charge in [-0.3, -0.25) is 0 Å². The number of halogens is 1. The number of aromatic nitrogens is 1. The van der Waals surface area contributed by atoms with Crippen molar-refractivity contribution in [2.45, 2.75) is 6.54 Å². The van der Waals surface area contributed by atoms with E-state index in [0.717, 1.165) is 17.6 Å². The summed E-state index contributed by atoms with van der Waals surface area (Å²) in [7, 11) is 0. The fourth-order valence-corrected chi connectivity index (χ4v) is 1.14. The van der Waals surface area contributed by atoms with Gasteiger partial charge >= 0.3 is 0 Å². The Labute approximate surface area is 63.8 Å². The number of hydrogen-bond donors (Lipinski definition) is 0. The Hall–Kier alpha value is -0.240. The van der Waals surface area contributed by atoms with Crippen molar-refractivity contribution >= 4 is 15.9 Å². The average Bonchev–Trinajstić information content (AvgIpc) is 2.18. The first-order valence-corrected chi connectivity index (χ1v) is 4.00. The van der Waals surface area contributed by atoms with E-state index in [9.17, 15) is 0 Å². The molecule has 0 saturated heterocycles. The zero-order valence-corrected chi connectivity index (χ0v) is 6.76. The third-order valence-corrected chi connectivity index (χ3v) is 1.60. The Morgan fingerprint density at radius 2 is 2.44 bits per heavy atom. The topological polar surface area (TPSA) is 4.93 Å². The predicted octanol–water partition coefficient (Wildman–Crippen LogP) is 2.07. The molecular formula is C7H9BrN. The van der Waals surface area contributed by atoms with Gasteiger partial charge in [-0.05, 0) is 19.1 Å². The second-order valence-electron chi connectivity index (χ2n) is 1.88. The molecule has 1 nitrogen and oxygen atoms in total. The molecule has 0 spiro atoms. The van der Waals surface area contributed by atoms with Crippen LogP contribution in [0.15, 0.2) is 18.3 Å². The number of aryl methyl sites for hydroxylation is 1. The lowest BCUT2D eigenvalue weighted by Gasteiger charge is -2.00. The monoisotopic (exact) mass is 186 g/mol. The van der Waals surface area contributed by atoms with Crippen LogP contribution in [0.1, 0.15) is 5.69 Å². The Balaban J connectivity index is 2.69. The first-order chi connectivity index (χ1) is 4.34. The maximum Gasteiger partial charge on any atom is 0.0319 e. The van der Waals surface area contributed by atoms with E-state index in [0.29, 0.717) is 0 Å². The van der Waals surface area contributed by atoms with Gasteiger partial charge in [0.1, 0.15) is 0 Å².